The fourth-order valence-electron chi connectivity index (χ4n) is 1.60. The Labute approximate surface area is 110 Å². The third kappa shape index (κ3) is 2.96. The molecule has 0 fully saturated rings. The van der Waals surface area contributed by atoms with Crippen molar-refractivity contribution in [3.8, 4) is 6.07 Å². The van der Waals surface area contributed by atoms with Crippen LogP contribution in [0.2, 0.25) is 0 Å². The molecule has 0 aliphatic heterocycles. The summed E-state index contributed by atoms with van der Waals surface area (Å²) >= 11 is 0. The van der Waals surface area contributed by atoms with Gasteiger partial charge in [-0.1, -0.05) is 0 Å². The number of aryl methyl sites for hydroxylation is 1. The third-order valence-electron chi connectivity index (χ3n) is 2.45. The van der Waals surface area contributed by atoms with Gasteiger partial charge in [-0.05, 0) is 25.1 Å². The van der Waals surface area contributed by atoms with Crippen molar-refractivity contribution >= 4 is 17.3 Å². The minimum atomic E-state index is -0.539. The second-order valence-electron chi connectivity index (χ2n) is 3.87. The molecule has 96 valence electrons. The first-order chi connectivity index (χ1) is 9.12. The van der Waals surface area contributed by atoms with Crippen LogP contribution in [0.5, 0.6) is 0 Å². The van der Waals surface area contributed by atoms with E-state index in [4.69, 9.17) is 5.26 Å². The van der Waals surface area contributed by atoms with Crippen molar-refractivity contribution in [3.05, 3.63) is 41.5 Å². The number of nitrogens with one attached hydrogen (secondary N) is 2. The zero-order valence-electron chi connectivity index (χ0n) is 10.5. The van der Waals surface area contributed by atoms with Gasteiger partial charge in [0.05, 0.1) is 5.56 Å². The molecular formula is C13H12FN5. The van der Waals surface area contributed by atoms with E-state index in [1.54, 1.807) is 32.2 Å². The Bertz CT molecular complexity index is 648. The van der Waals surface area contributed by atoms with Crippen LogP contribution in [0, 0.1) is 24.1 Å². The molecule has 5 nitrogen and oxygen atoms in total. The van der Waals surface area contributed by atoms with E-state index in [0.717, 1.165) is 0 Å². The zero-order valence-corrected chi connectivity index (χ0v) is 10.5. The molecule has 0 spiro atoms. The zero-order chi connectivity index (χ0) is 13.8. The largest absolute Gasteiger partial charge is 0.373 e. The second-order valence-corrected chi connectivity index (χ2v) is 3.87. The van der Waals surface area contributed by atoms with Gasteiger partial charge < -0.3 is 10.6 Å². The standard InChI is InChI=1S/C13H12FN5/c1-8-17-12(16-2)6-13(18-8)19-10-3-4-11(14)9(5-10)7-15/h3-6H,1-2H3,(H2,16,17,18,19). The van der Waals surface area contributed by atoms with Crippen LogP contribution in [-0.4, -0.2) is 17.0 Å². The molecule has 0 unspecified atom stereocenters. The van der Waals surface area contributed by atoms with E-state index in [9.17, 15) is 4.39 Å². The summed E-state index contributed by atoms with van der Waals surface area (Å²) in [5, 5.41) is 14.7. The normalized spacial score (nSPS) is 9.79. The van der Waals surface area contributed by atoms with Crippen molar-refractivity contribution in [2.75, 3.05) is 17.7 Å². The molecule has 0 atom stereocenters. The Hall–Kier alpha value is -2.68. The Morgan fingerprint density at radius 3 is 2.63 bits per heavy atom. The summed E-state index contributed by atoms with van der Waals surface area (Å²) in [6, 6.07) is 7.75. The van der Waals surface area contributed by atoms with Crippen molar-refractivity contribution in [1.29, 1.82) is 5.26 Å². The highest BCUT2D eigenvalue weighted by Gasteiger charge is 2.05. The fourth-order valence-corrected chi connectivity index (χ4v) is 1.60. The molecule has 2 rings (SSSR count). The number of hydrogen-bond acceptors (Lipinski definition) is 5. The first-order valence-corrected chi connectivity index (χ1v) is 5.62. The lowest BCUT2D eigenvalue weighted by atomic mass is 10.2. The molecule has 6 heteroatoms. The molecule has 1 aromatic heterocycles. The van der Waals surface area contributed by atoms with Crippen molar-refractivity contribution in [3.63, 3.8) is 0 Å². The number of rotatable bonds is 3. The molecule has 0 saturated carbocycles. The monoisotopic (exact) mass is 257 g/mol. The summed E-state index contributed by atoms with van der Waals surface area (Å²) in [6.45, 7) is 1.78. The number of nitrogens with zero attached hydrogens (tertiary/aromatic N) is 3. The van der Waals surface area contributed by atoms with Crippen LogP contribution in [0.3, 0.4) is 0 Å². The lowest BCUT2D eigenvalue weighted by Gasteiger charge is -2.08. The van der Waals surface area contributed by atoms with E-state index < -0.39 is 5.82 Å². The average molecular weight is 257 g/mol. The summed E-state index contributed by atoms with van der Waals surface area (Å²) in [6.07, 6.45) is 0. The van der Waals surface area contributed by atoms with E-state index in [-0.39, 0.29) is 5.56 Å². The lowest BCUT2D eigenvalue weighted by Crippen LogP contribution is -2.01. The van der Waals surface area contributed by atoms with Gasteiger partial charge in [-0.25, -0.2) is 14.4 Å². The van der Waals surface area contributed by atoms with Gasteiger partial charge >= 0.3 is 0 Å². The number of nitriles is 1. The van der Waals surface area contributed by atoms with E-state index >= 15 is 0 Å². The molecule has 0 aliphatic carbocycles. The SMILES string of the molecule is CNc1cc(Nc2ccc(F)c(C#N)c2)nc(C)n1. The molecule has 0 saturated heterocycles. The summed E-state index contributed by atoms with van der Waals surface area (Å²) in [7, 11) is 1.76. The van der Waals surface area contributed by atoms with Crippen LogP contribution in [0.1, 0.15) is 11.4 Å². The summed E-state index contributed by atoms with van der Waals surface area (Å²) in [4.78, 5) is 8.38. The maximum absolute atomic E-state index is 13.2. The number of aromatic nitrogens is 2. The predicted molar refractivity (Wildman–Crippen MR) is 70.7 cm³/mol. The van der Waals surface area contributed by atoms with Gasteiger partial charge in [0.1, 0.15) is 29.3 Å². The van der Waals surface area contributed by atoms with Crippen molar-refractivity contribution < 1.29 is 4.39 Å². The van der Waals surface area contributed by atoms with Crippen LogP contribution in [0.15, 0.2) is 24.3 Å². The maximum Gasteiger partial charge on any atom is 0.141 e. The Kier molecular flexibility index (Phi) is 3.57. The number of benzene rings is 1. The molecule has 0 radical (unpaired) electrons. The first kappa shape index (κ1) is 12.8. The lowest BCUT2D eigenvalue weighted by molar-refractivity contribution is 0.624. The van der Waals surface area contributed by atoms with E-state index in [1.165, 1.54) is 12.1 Å². The molecule has 1 heterocycles. The highest BCUT2D eigenvalue weighted by molar-refractivity contribution is 5.61. The molecule has 2 N–H and O–H groups in total. The van der Waals surface area contributed by atoms with Gasteiger partial charge in [-0.2, -0.15) is 5.26 Å². The molecule has 19 heavy (non-hydrogen) atoms. The smallest absolute Gasteiger partial charge is 0.141 e. The van der Waals surface area contributed by atoms with Crippen LogP contribution in [-0.2, 0) is 0 Å². The van der Waals surface area contributed by atoms with Gasteiger partial charge in [0.25, 0.3) is 0 Å². The minimum absolute atomic E-state index is 0.00961. The van der Waals surface area contributed by atoms with Crippen molar-refractivity contribution in [1.82, 2.24) is 9.97 Å². The van der Waals surface area contributed by atoms with Crippen LogP contribution >= 0.6 is 0 Å². The molecular weight excluding hydrogens is 245 g/mol. The maximum atomic E-state index is 13.2. The summed E-state index contributed by atoms with van der Waals surface area (Å²) in [5.41, 5.74) is 0.586. The Balaban J connectivity index is 2.31. The molecule has 0 bridgehead atoms. The quantitative estimate of drug-likeness (QED) is 0.884. The van der Waals surface area contributed by atoms with Gasteiger partial charge in [0, 0.05) is 18.8 Å². The van der Waals surface area contributed by atoms with Gasteiger partial charge in [-0.3, -0.25) is 0 Å². The predicted octanol–water partition coefficient (Wildman–Crippen LogP) is 2.58. The van der Waals surface area contributed by atoms with Crippen LogP contribution in [0.25, 0.3) is 0 Å². The Morgan fingerprint density at radius 2 is 1.95 bits per heavy atom. The topological polar surface area (TPSA) is 73.6 Å². The van der Waals surface area contributed by atoms with Gasteiger partial charge in [0.2, 0.25) is 0 Å². The van der Waals surface area contributed by atoms with Gasteiger partial charge in [-0.15, -0.1) is 0 Å². The van der Waals surface area contributed by atoms with Crippen LogP contribution in [0.4, 0.5) is 21.7 Å². The molecule has 0 aliphatic rings. The number of hydrogen-bond donors (Lipinski definition) is 2. The van der Waals surface area contributed by atoms with E-state index in [2.05, 4.69) is 20.6 Å². The third-order valence-corrected chi connectivity index (χ3v) is 2.45. The first-order valence-electron chi connectivity index (χ1n) is 5.62. The molecule has 1 aromatic carbocycles. The highest BCUT2D eigenvalue weighted by atomic mass is 19.1. The van der Waals surface area contributed by atoms with Crippen molar-refractivity contribution in [2.24, 2.45) is 0 Å². The van der Waals surface area contributed by atoms with Crippen molar-refractivity contribution in [2.45, 2.75) is 6.92 Å². The summed E-state index contributed by atoms with van der Waals surface area (Å²) in [5.74, 6) is 1.32. The summed E-state index contributed by atoms with van der Waals surface area (Å²) < 4.78 is 13.2. The minimum Gasteiger partial charge on any atom is -0.373 e. The number of halogens is 1. The Morgan fingerprint density at radius 1 is 1.21 bits per heavy atom. The highest BCUT2D eigenvalue weighted by Crippen LogP contribution is 2.19. The second kappa shape index (κ2) is 5.31. The molecule has 2 aromatic rings. The molecule has 0 amide bonds. The van der Waals surface area contributed by atoms with E-state index in [1.807, 2.05) is 0 Å². The van der Waals surface area contributed by atoms with Crippen LogP contribution < -0.4 is 10.6 Å². The van der Waals surface area contributed by atoms with E-state index in [0.29, 0.717) is 23.1 Å². The van der Waals surface area contributed by atoms with Gasteiger partial charge in [0.15, 0.2) is 0 Å². The average Bonchev–Trinajstić information content (AvgIpc) is 2.40. The number of anilines is 3. The fraction of sp³-hybridized carbons (Fsp3) is 0.154.